The van der Waals surface area contributed by atoms with Gasteiger partial charge in [0, 0.05) is 18.0 Å². The topological polar surface area (TPSA) is 141 Å². The normalized spacial score (nSPS) is 18.0. The molecule has 0 radical (unpaired) electrons. The highest BCUT2D eigenvalue weighted by atomic mass is 32.2. The number of nitrogens with zero attached hydrogens (tertiary/aromatic N) is 3. The molecule has 4 N–H and O–H groups in total. The van der Waals surface area contributed by atoms with Gasteiger partial charge in [0.2, 0.25) is 0 Å². The molecule has 1 saturated heterocycles. The van der Waals surface area contributed by atoms with Crippen molar-refractivity contribution in [1.29, 1.82) is 0 Å². The third-order valence-corrected chi connectivity index (χ3v) is 9.89. The van der Waals surface area contributed by atoms with Gasteiger partial charge in [0.25, 0.3) is 10.0 Å². The molecule has 4 rings (SSSR count). The van der Waals surface area contributed by atoms with Crippen LogP contribution in [0, 0.1) is 0 Å². The minimum atomic E-state index is -3.92. The highest BCUT2D eigenvalue weighted by molar-refractivity contribution is 7.91. The van der Waals surface area contributed by atoms with E-state index < -0.39 is 16.1 Å². The van der Waals surface area contributed by atoms with Gasteiger partial charge in [-0.15, -0.1) is 11.3 Å². The number of aliphatic hydroxyl groups is 1. The van der Waals surface area contributed by atoms with E-state index in [0.717, 1.165) is 40.8 Å². The molecule has 1 aliphatic rings. The van der Waals surface area contributed by atoms with Crippen molar-refractivity contribution < 1.29 is 23.0 Å². The molecule has 2 atom stereocenters. The first-order chi connectivity index (χ1) is 16.3. The summed E-state index contributed by atoms with van der Waals surface area (Å²) in [6, 6.07) is 1.43. The summed E-state index contributed by atoms with van der Waals surface area (Å²) < 4.78 is 41.6. The third-order valence-electron chi connectivity index (χ3n) is 5.92. The monoisotopic (exact) mass is 527 g/mol. The van der Waals surface area contributed by atoms with Gasteiger partial charge in [-0.3, -0.25) is 0 Å². The first-order valence-corrected chi connectivity index (χ1v) is 14.2. The number of rotatable bonds is 10. The Morgan fingerprint density at radius 3 is 2.76 bits per heavy atom. The molecule has 0 aromatic carbocycles. The maximum absolute atomic E-state index is 13.1. The molecule has 34 heavy (non-hydrogen) atoms. The second-order valence-corrected chi connectivity index (χ2v) is 12.0. The van der Waals surface area contributed by atoms with E-state index in [1.54, 1.807) is 6.26 Å². The number of furan rings is 1. The molecule has 1 aliphatic heterocycles. The summed E-state index contributed by atoms with van der Waals surface area (Å²) >= 11 is 1.92. The number of aromatic nitrogens is 2. The average Bonchev–Trinajstić information content (AvgIpc) is 3.60. The van der Waals surface area contributed by atoms with E-state index in [2.05, 4.69) is 33.2 Å². The Morgan fingerprint density at radius 2 is 2.09 bits per heavy atom. The van der Waals surface area contributed by atoms with E-state index in [0.29, 0.717) is 36.9 Å². The van der Waals surface area contributed by atoms with Gasteiger partial charge in [-0.1, -0.05) is 20.8 Å². The Morgan fingerprint density at radius 1 is 1.32 bits per heavy atom. The van der Waals surface area contributed by atoms with E-state index in [4.69, 9.17) is 4.42 Å². The largest absolute Gasteiger partial charge is 0.504 e. The van der Waals surface area contributed by atoms with Gasteiger partial charge in [0.15, 0.2) is 21.6 Å². The maximum atomic E-state index is 13.1. The molecule has 0 spiro atoms. The van der Waals surface area contributed by atoms with Crippen LogP contribution in [0.15, 0.2) is 26.3 Å². The zero-order valence-corrected chi connectivity index (χ0v) is 21.6. The number of aliphatic hydroxyl groups excluding tert-OH is 1. The van der Waals surface area contributed by atoms with E-state index in [1.807, 2.05) is 13.0 Å². The summed E-state index contributed by atoms with van der Waals surface area (Å²) in [6.45, 7) is 6.31. The molecule has 10 nitrogen and oxygen atoms in total. The minimum absolute atomic E-state index is 0.130. The van der Waals surface area contributed by atoms with Gasteiger partial charge in [0.1, 0.15) is 5.76 Å². The quantitative estimate of drug-likeness (QED) is 0.300. The zero-order valence-electron chi connectivity index (χ0n) is 19.2. The molecule has 1 fully saturated rings. The maximum Gasteiger partial charge on any atom is 0.256 e. The number of anilines is 3. The van der Waals surface area contributed by atoms with Gasteiger partial charge < -0.3 is 25.3 Å². The summed E-state index contributed by atoms with van der Waals surface area (Å²) in [6.07, 6.45) is 3.78. The van der Waals surface area contributed by atoms with Crippen LogP contribution < -0.4 is 10.6 Å². The molecular weight excluding hydrogens is 498 g/mol. The minimum Gasteiger partial charge on any atom is -0.504 e. The van der Waals surface area contributed by atoms with Crippen molar-refractivity contribution >= 4 is 50.4 Å². The van der Waals surface area contributed by atoms with E-state index in [-0.39, 0.29) is 28.3 Å². The number of hydrogen-bond donors (Lipinski definition) is 4. The van der Waals surface area contributed by atoms with Gasteiger partial charge in [-0.05, 0) is 36.8 Å². The molecule has 3 aromatic rings. The fourth-order valence-corrected chi connectivity index (χ4v) is 7.42. The molecular formula is C21H29N5O5S3. The number of sulfonamides is 1. The lowest BCUT2D eigenvalue weighted by Gasteiger charge is -2.21. The van der Waals surface area contributed by atoms with Crippen LogP contribution in [0.25, 0.3) is 0 Å². The van der Waals surface area contributed by atoms with Gasteiger partial charge in [-0.2, -0.15) is 13.1 Å². The summed E-state index contributed by atoms with van der Waals surface area (Å²) in [4.78, 5) is 0. The first kappa shape index (κ1) is 24.9. The lowest BCUT2D eigenvalue weighted by molar-refractivity contribution is 0.213. The number of hydrogen-bond acceptors (Lipinski definition) is 11. The highest BCUT2D eigenvalue weighted by Crippen LogP contribution is 2.42. The van der Waals surface area contributed by atoms with Crippen molar-refractivity contribution in [3.63, 3.8) is 0 Å². The molecule has 4 heterocycles. The lowest BCUT2D eigenvalue weighted by Crippen LogP contribution is -2.37. The summed E-state index contributed by atoms with van der Waals surface area (Å²) in [5, 5.41) is 28.1. The Bertz CT molecular complexity index is 1220. The highest BCUT2D eigenvalue weighted by Gasteiger charge is 2.38. The lowest BCUT2D eigenvalue weighted by atomic mass is 10.1. The first-order valence-electron chi connectivity index (χ1n) is 11.1. The zero-order chi connectivity index (χ0) is 24.5. The molecule has 186 valence electrons. The van der Waals surface area contributed by atoms with Gasteiger partial charge in [-0.25, -0.2) is 8.42 Å². The van der Waals surface area contributed by atoms with Crippen LogP contribution in [0.3, 0.4) is 0 Å². The fraction of sp³-hybridized carbons (Fsp3) is 0.524. The second-order valence-electron chi connectivity index (χ2n) is 8.51. The standard InChI is InChI=1S/C21H29N5O5S3/c1-4-15(17-8-13(10-31-17)12(2)3)22-19-20(25-33-24-19)23-16-11-32-21(18(16)28)34(29,30)26-7-5-6-14(26)9-27/h8,10-12,14-15,27-28H,4-7,9H2,1-3H3,(H,22,24)(H,23,25)/t14?,15-/m1/s1. The summed E-state index contributed by atoms with van der Waals surface area (Å²) in [7, 11) is -3.92. The van der Waals surface area contributed by atoms with Crippen LogP contribution in [0.1, 0.15) is 63.3 Å². The van der Waals surface area contributed by atoms with Gasteiger partial charge >= 0.3 is 0 Å². The average molecular weight is 528 g/mol. The Balaban J connectivity index is 1.53. The summed E-state index contributed by atoms with van der Waals surface area (Å²) in [5.74, 6) is 1.64. The molecule has 0 amide bonds. The molecule has 0 aliphatic carbocycles. The van der Waals surface area contributed by atoms with E-state index in [9.17, 15) is 18.6 Å². The van der Waals surface area contributed by atoms with Crippen LogP contribution in [-0.4, -0.2) is 50.9 Å². The van der Waals surface area contributed by atoms with Crippen molar-refractivity contribution in [2.75, 3.05) is 23.8 Å². The van der Waals surface area contributed by atoms with Crippen molar-refractivity contribution in [1.82, 2.24) is 13.1 Å². The second kappa shape index (κ2) is 10.2. The van der Waals surface area contributed by atoms with Crippen LogP contribution in [0.4, 0.5) is 17.3 Å². The molecule has 0 saturated carbocycles. The number of nitrogens with one attached hydrogen (secondary N) is 2. The molecule has 3 aromatic heterocycles. The van der Waals surface area contributed by atoms with Crippen LogP contribution in [-0.2, 0) is 10.0 Å². The van der Waals surface area contributed by atoms with Crippen molar-refractivity contribution in [3.05, 3.63) is 29.0 Å². The van der Waals surface area contributed by atoms with E-state index >= 15 is 0 Å². The fourth-order valence-electron chi connectivity index (χ4n) is 3.91. The summed E-state index contributed by atoms with van der Waals surface area (Å²) in [5.41, 5.74) is 1.34. The number of aromatic hydroxyl groups is 1. The van der Waals surface area contributed by atoms with E-state index in [1.165, 1.54) is 9.69 Å². The molecule has 1 unspecified atom stereocenters. The predicted molar refractivity (Wildman–Crippen MR) is 133 cm³/mol. The smallest absolute Gasteiger partial charge is 0.256 e. The Hall–Kier alpha value is -2.19. The van der Waals surface area contributed by atoms with Crippen molar-refractivity contribution in [2.45, 2.75) is 62.2 Å². The SMILES string of the molecule is CC[C@@H](Nc1nsnc1Nc1csc(S(=O)(=O)N2CCCC2CO)c1O)c1cc(C(C)C)co1. The van der Waals surface area contributed by atoms with Crippen molar-refractivity contribution in [3.8, 4) is 5.75 Å². The Kier molecular flexibility index (Phi) is 7.48. The number of thiophene rings is 1. The van der Waals surface area contributed by atoms with Crippen LogP contribution in [0.5, 0.6) is 5.75 Å². The molecule has 13 heteroatoms. The van der Waals surface area contributed by atoms with Crippen LogP contribution in [0.2, 0.25) is 0 Å². The third kappa shape index (κ3) is 4.80. The van der Waals surface area contributed by atoms with Crippen LogP contribution >= 0.6 is 23.1 Å². The molecule has 0 bridgehead atoms. The van der Waals surface area contributed by atoms with Crippen molar-refractivity contribution in [2.24, 2.45) is 0 Å². The Labute approximate surface area is 207 Å². The van der Waals surface area contributed by atoms with Gasteiger partial charge in [0.05, 0.1) is 36.3 Å². The predicted octanol–water partition coefficient (Wildman–Crippen LogP) is 4.47.